The van der Waals surface area contributed by atoms with Crippen molar-refractivity contribution in [1.29, 1.82) is 0 Å². The van der Waals surface area contributed by atoms with Crippen molar-refractivity contribution in [3.8, 4) is 11.6 Å². The van der Waals surface area contributed by atoms with Crippen molar-refractivity contribution in [3.05, 3.63) is 41.2 Å². The summed E-state index contributed by atoms with van der Waals surface area (Å²) in [6.45, 7) is 3.96. The van der Waals surface area contributed by atoms with Crippen LogP contribution in [0.2, 0.25) is 0 Å². The number of amides is 2. The van der Waals surface area contributed by atoms with Crippen LogP contribution in [0.1, 0.15) is 48.3 Å². The summed E-state index contributed by atoms with van der Waals surface area (Å²) in [7, 11) is 1.29. The molecular weight excluding hydrogens is 429 g/mol. The number of rotatable bonds is 7. The molecular formula is C21H23F3N4O4. The maximum Gasteiger partial charge on any atom is 0.422 e. The lowest BCUT2D eigenvalue weighted by molar-refractivity contribution is -0.154. The third-order valence-electron chi connectivity index (χ3n) is 5.02. The molecule has 0 aliphatic carbocycles. The van der Waals surface area contributed by atoms with Crippen LogP contribution in [-0.4, -0.2) is 46.6 Å². The highest BCUT2D eigenvalue weighted by Crippen LogP contribution is 2.36. The number of carbonyl (C=O) groups excluding carboxylic acids is 2. The fraction of sp³-hybridized carbons (Fsp3) is 0.429. The van der Waals surface area contributed by atoms with Crippen LogP contribution >= 0.6 is 0 Å². The third kappa shape index (κ3) is 4.92. The number of aromatic nitrogens is 2. The topological polar surface area (TPSA) is 93.7 Å². The standard InChI is InChI=1S/C21H23F3N4O4/c1-11(2)18(29)27-17-15-9-28(20(30)14(15)5-6-25-17)12(3)13-7-16(31-4)19(26-8-13)32-10-21(22,23)24/h5-8,11-12H,9-10H2,1-4H3,(H,25,27,29). The Labute approximate surface area is 182 Å². The predicted molar refractivity (Wildman–Crippen MR) is 108 cm³/mol. The zero-order valence-electron chi connectivity index (χ0n) is 18.0. The van der Waals surface area contributed by atoms with Gasteiger partial charge in [0.1, 0.15) is 5.82 Å². The van der Waals surface area contributed by atoms with E-state index in [9.17, 15) is 22.8 Å². The fourth-order valence-electron chi connectivity index (χ4n) is 3.19. The molecule has 0 bridgehead atoms. The summed E-state index contributed by atoms with van der Waals surface area (Å²) in [5.41, 5.74) is 1.57. The van der Waals surface area contributed by atoms with E-state index in [1.807, 2.05) is 0 Å². The maximum atomic E-state index is 13.0. The zero-order valence-corrected chi connectivity index (χ0v) is 18.0. The number of hydrogen-bond donors (Lipinski definition) is 1. The number of anilines is 1. The molecule has 2 amide bonds. The van der Waals surface area contributed by atoms with Crippen molar-refractivity contribution in [3.63, 3.8) is 0 Å². The summed E-state index contributed by atoms with van der Waals surface area (Å²) in [5.74, 6) is -0.666. The lowest BCUT2D eigenvalue weighted by Gasteiger charge is -2.25. The smallest absolute Gasteiger partial charge is 0.422 e. The quantitative estimate of drug-likeness (QED) is 0.688. The van der Waals surface area contributed by atoms with Gasteiger partial charge in [-0.25, -0.2) is 9.97 Å². The summed E-state index contributed by atoms with van der Waals surface area (Å²) in [4.78, 5) is 34.8. The van der Waals surface area contributed by atoms with Crippen LogP contribution in [0.5, 0.6) is 11.6 Å². The van der Waals surface area contributed by atoms with Gasteiger partial charge in [-0.2, -0.15) is 13.2 Å². The predicted octanol–water partition coefficient (Wildman–Crippen LogP) is 3.74. The Bertz CT molecular complexity index is 1030. The summed E-state index contributed by atoms with van der Waals surface area (Å²) >= 11 is 0. The van der Waals surface area contributed by atoms with Gasteiger partial charge in [-0.1, -0.05) is 13.8 Å². The number of pyridine rings is 2. The Morgan fingerprint density at radius 1 is 1.28 bits per heavy atom. The average Bonchev–Trinajstić information content (AvgIpc) is 3.08. The Balaban J connectivity index is 1.83. The minimum absolute atomic E-state index is 0.0225. The first-order valence-corrected chi connectivity index (χ1v) is 9.85. The number of ether oxygens (including phenoxy) is 2. The van der Waals surface area contributed by atoms with Gasteiger partial charge in [0.25, 0.3) is 11.8 Å². The second-order valence-electron chi connectivity index (χ2n) is 7.62. The van der Waals surface area contributed by atoms with Crippen molar-refractivity contribution in [1.82, 2.24) is 14.9 Å². The van der Waals surface area contributed by atoms with Crippen molar-refractivity contribution in [2.45, 2.75) is 39.5 Å². The molecule has 172 valence electrons. The highest BCUT2D eigenvalue weighted by atomic mass is 19.4. The first kappa shape index (κ1) is 23.3. The van der Waals surface area contributed by atoms with E-state index in [2.05, 4.69) is 15.3 Å². The lowest BCUT2D eigenvalue weighted by atomic mass is 10.1. The van der Waals surface area contributed by atoms with E-state index in [4.69, 9.17) is 9.47 Å². The number of nitrogens with one attached hydrogen (secondary N) is 1. The number of halogens is 3. The molecule has 0 saturated carbocycles. The zero-order chi connectivity index (χ0) is 23.6. The Morgan fingerprint density at radius 2 is 2.00 bits per heavy atom. The molecule has 0 spiro atoms. The van der Waals surface area contributed by atoms with Crippen LogP contribution in [0.3, 0.4) is 0 Å². The van der Waals surface area contributed by atoms with Crippen LogP contribution in [0.15, 0.2) is 24.5 Å². The lowest BCUT2D eigenvalue weighted by Crippen LogP contribution is -2.27. The molecule has 0 saturated heterocycles. The number of nitrogens with zero attached hydrogens (tertiary/aromatic N) is 3. The van der Waals surface area contributed by atoms with Crippen molar-refractivity contribution in [2.75, 3.05) is 19.0 Å². The van der Waals surface area contributed by atoms with E-state index in [1.54, 1.807) is 31.7 Å². The molecule has 0 fully saturated rings. The highest BCUT2D eigenvalue weighted by molar-refractivity contribution is 6.01. The first-order chi connectivity index (χ1) is 15.0. The summed E-state index contributed by atoms with van der Waals surface area (Å²) in [5, 5.41) is 2.74. The molecule has 1 aliphatic heterocycles. The number of fused-ring (bicyclic) bond motifs is 1. The van der Waals surface area contributed by atoms with Crippen LogP contribution < -0.4 is 14.8 Å². The molecule has 3 heterocycles. The molecule has 1 N–H and O–H groups in total. The van der Waals surface area contributed by atoms with Gasteiger partial charge in [-0.05, 0) is 24.6 Å². The van der Waals surface area contributed by atoms with E-state index in [1.165, 1.54) is 25.6 Å². The third-order valence-corrected chi connectivity index (χ3v) is 5.02. The number of methoxy groups -OCH3 is 1. The summed E-state index contributed by atoms with van der Waals surface area (Å²) < 4.78 is 47.2. The van der Waals surface area contributed by atoms with Crippen molar-refractivity contribution in [2.24, 2.45) is 5.92 Å². The second kappa shape index (κ2) is 9.01. The molecule has 0 aromatic carbocycles. The van der Waals surface area contributed by atoms with Gasteiger partial charge in [0, 0.05) is 29.4 Å². The number of alkyl halides is 3. The van der Waals surface area contributed by atoms with Gasteiger partial charge in [0.15, 0.2) is 12.4 Å². The molecule has 0 radical (unpaired) electrons. The maximum absolute atomic E-state index is 13.0. The monoisotopic (exact) mass is 452 g/mol. The fourth-order valence-corrected chi connectivity index (χ4v) is 3.19. The Hall–Kier alpha value is -3.37. The van der Waals surface area contributed by atoms with E-state index in [0.717, 1.165) is 0 Å². The Morgan fingerprint density at radius 3 is 2.62 bits per heavy atom. The van der Waals surface area contributed by atoms with Gasteiger partial charge < -0.3 is 19.7 Å². The van der Waals surface area contributed by atoms with Crippen LogP contribution in [-0.2, 0) is 11.3 Å². The summed E-state index contributed by atoms with van der Waals surface area (Å²) in [6.07, 6.45) is -1.71. The molecule has 2 aromatic heterocycles. The molecule has 8 nitrogen and oxygen atoms in total. The Kier molecular flexibility index (Phi) is 6.56. The van der Waals surface area contributed by atoms with Crippen molar-refractivity contribution >= 4 is 17.6 Å². The minimum Gasteiger partial charge on any atom is -0.491 e. The largest absolute Gasteiger partial charge is 0.491 e. The minimum atomic E-state index is -4.51. The molecule has 1 atom stereocenters. The number of hydrogen-bond acceptors (Lipinski definition) is 6. The molecule has 1 aliphatic rings. The summed E-state index contributed by atoms with van der Waals surface area (Å²) in [6, 6.07) is 2.59. The average molecular weight is 452 g/mol. The van der Waals surface area contributed by atoms with E-state index < -0.39 is 18.8 Å². The molecule has 11 heteroatoms. The van der Waals surface area contributed by atoms with Gasteiger partial charge >= 0.3 is 6.18 Å². The molecule has 3 rings (SSSR count). The highest BCUT2D eigenvalue weighted by Gasteiger charge is 2.35. The van der Waals surface area contributed by atoms with Crippen LogP contribution in [0, 0.1) is 5.92 Å². The normalized spacial score (nSPS) is 14.4. The van der Waals surface area contributed by atoms with Gasteiger partial charge in [-0.15, -0.1) is 0 Å². The SMILES string of the molecule is COc1cc(C(C)N2Cc3c(ccnc3NC(=O)C(C)C)C2=O)cnc1OCC(F)(F)F. The van der Waals surface area contributed by atoms with Gasteiger partial charge in [0.05, 0.1) is 19.7 Å². The van der Waals surface area contributed by atoms with Crippen LogP contribution in [0.25, 0.3) is 0 Å². The molecule has 2 aromatic rings. The van der Waals surface area contributed by atoms with E-state index in [-0.39, 0.29) is 35.9 Å². The first-order valence-electron chi connectivity index (χ1n) is 9.85. The number of carbonyl (C=O) groups is 2. The second-order valence-corrected chi connectivity index (χ2v) is 7.62. The van der Waals surface area contributed by atoms with E-state index in [0.29, 0.717) is 22.5 Å². The van der Waals surface area contributed by atoms with Gasteiger partial charge in [0.2, 0.25) is 5.91 Å². The van der Waals surface area contributed by atoms with Crippen LogP contribution in [0.4, 0.5) is 19.0 Å². The van der Waals surface area contributed by atoms with Crippen molar-refractivity contribution < 1.29 is 32.2 Å². The molecule has 32 heavy (non-hydrogen) atoms. The van der Waals surface area contributed by atoms with Gasteiger partial charge in [-0.3, -0.25) is 9.59 Å². The molecule has 1 unspecified atom stereocenters. The van der Waals surface area contributed by atoms with E-state index >= 15 is 0 Å².